The van der Waals surface area contributed by atoms with E-state index in [1.54, 1.807) is 0 Å². The van der Waals surface area contributed by atoms with E-state index in [2.05, 4.69) is 76.3 Å². The minimum absolute atomic E-state index is 0. The first-order valence-electron chi connectivity index (χ1n) is 8.93. The molecule has 3 aliphatic rings. The smallest absolute Gasteiger partial charge is 0.662 e. The molecule has 0 spiro atoms. The van der Waals surface area contributed by atoms with Crippen molar-refractivity contribution >= 4 is 11.4 Å². The Balaban J connectivity index is 0.00000180. The molecule has 0 N–H and O–H groups in total. The number of aromatic nitrogens is 2. The van der Waals surface area contributed by atoms with Gasteiger partial charge in [-0.1, -0.05) is 52.0 Å². The van der Waals surface area contributed by atoms with Crippen molar-refractivity contribution in [3.63, 3.8) is 0 Å². The molecule has 5 heteroatoms. The zero-order chi connectivity index (χ0) is 18.1. The Morgan fingerprint density at radius 1 is 0.630 bits per heavy atom. The number of fused-ring (bicyclic) bond motifs is 7. The van der Waals surface area contributed by atoms with Crippen molar-refractivity contribution in [2.45, 2.75) is 38.5 Å². The molecule has 0 saturated heterocycles. The van der Waals surface area contributed by atoms with Crippen LogP contribution in [0.4, 0.5) is 0 Å². The van der Waals surface area contributed by atoms with Crippen LogP contribution >= 0.6 is 0 Å². The van der Waals surface area contributed by atoms with Crippen LogP contribution in [0.2, 0.25) is 0 Å². The van der Waals surface area contributed by atoms with Crippen LogP contribution in [0, 0.1) is 0 Å². The Bertz CT molecular complexity index is 997. The first-order valence-corrected chi connectivity index (χ1v) is 8.93. The van der Waals surface area contributed by atoms with Gasteiger partial charge in [-0.3, -0.25) is 9.98 Å². The van der Waals surface area contributed by atoms with E-state index in [4.69, 9.17) is 20.0 Å². The van der Waals surface area contributed by atoms with Crippen molar-refractivity contribution in [2.75, 3.05) is 0 Å². The van der Waals surface area contributed by atoms with Gasteiger partial charge >= 0.3 is 21.1 Å². The summed E-state index contributed by atoms with van der Waals surface area (Å²) in [7, 11) is 0. The van der Waals surface area contributed by atoms with Crippen molar-refractivity contribution < 1.29 is 21.1 Å². The second-order valence-electron chi connectivity index (χ2n) is 8.11. The molecule has 0 atom stereocenters. The Hall–Kier alpha value is -2.19. The average Bonchev–Trinajstić information content (AvgIpc) is 3.41. The zero-order valence-corrected chi connectivity index (χ0v) is 18.0. The second-order valence-corrected chi connectivity index (χ2v) is 8.11. The van der Waals surface area contributed by atoms with Crippen molar-refractivity contribution in [3.05, 3.63) is 71.4 Å². The molecule has 0 unspecified atom stereocenters. The maximum Gasteiger partial charge on any atom is 2.00 e. The van der Waals surface area contributed by atoms with Crippen molar-refractivity contribution in [1.29, 1.82) is 0 Å². The van der Waals surface area contributed by atoms with Crippen LogP contribution in [-0.2, 0) is 31.9 Å². The molecule has 138 valence electrons. The number of nitrogens with zero attached hydrogens (tertiary/aromatic N) is 4. The van der Waals surface area contributed by atoms with Gasteiger partial charge in [0.2, 0.25) is 0 Å². The third-order valence-corrected chi connectivity index (χ3v) is 5.65. The van der Waals surface area contributed by atoms with Crippen LogP contribution in [-0.4, -0.2) is 11.4 Å². The summed E-state index contributed by atoms with van der Waals surface area (Å²) in [5.74, 6) is 0. The van der Waals surface area contributed by atoms with E-state index in [9.17, 15) is 0 Å². The summed E-state index contributed by atoms with van der Waals surface area (Å²) in [6, 6.07) is 8.28. The van der Waals surface area contributed by atoms with E-state index in [-0.39, 0.29) is 31.9 Å². The molecule has 0 amide bonds. The maximum atomic E-state index is 4.88. The first kappa shape index (κ1) is 18.2. The van der Waals surface area contributed by atoms with Gasteiger partial charge in [-0.2, -0.15) is 11.4 Å². The zero-order valence-electron chi connectivity index (χ0n) is 15.7. The van der Waals surface area contributed by atoms with Gasteiger partial charge in [0.25, 0.3) is 0 Å². The van der Waals surface area contributed by atoms with Crippen LogP contribution < -0.4 is 9.97 Å². The van der Waals surface area contributed by atoms with E-state index >= 15 is 0 Å². The van der Waals surface area contributed by atoms with Crippen molar-refractivity contribution in [2.24, 2.45) is 9.98 Å². The fourth-order valence-corrected chi connectivity index (χ4v) is 3.67. The maximum absolute atomic E-state index is 4.88. The van der Waals surface area contributed by atoms with E-state index in [0.29, 0.717) is 0 Å². The molecule has 8 bridgehead atoms. The van der Waals surface area contributed by atoms with Gasteiger partial charge < -0.3 is 9.97 Å². The average molecular weight is 536 g/mol. The molecule has 3 aliphatic heterocycles. The molecule has 2 aromatic rings. The van der Waals surface area contributed by atoms with Crippen LogP contribution in [0.3, 0.4) is 0 Å². The normalized spacial score (nSPS) is 23.6. The molecule has 5 heterocycles. The van der Waals surface area contributed by atoms with Gasteiger partial charge in [-0.15, -0.1) is 11.4 Å². The minimum atomic E-state index is -0.273. The molecule has 4 nitrogen and oxygen atoms in total. The summed E-state index contributed by atoms with van der Waals surface area (Å²) in [5.41, 5.74) is 7.14. The summed E-state index contributed by atoms with van der Waals surface area (Å²) in [6.45, 7) is 8.64. The quantitative estimate of drug-likeness (QED) is 0.511. The Morgan fingerprint density at radius 2 is 1.04 bits per heavy atom. The second kappa shape index (κ2) is 5.90. The standard InChI is InChI=1S/C22H20N4.Pt/c1-21(2)17-9-5-13(23-17)15-7-11-19(25-15)22(3,4)20-12-8-16(26-20)14-6-10-18(21)24-14;/h5-12H,1-4H3;/q-2;+2/b15-13-;. The fraction of sp³-hybridized carbons (Fsp3) is 0.273. The molecule has 0 fully saturated rings. The van der Waals surface area contributed by atoms with Gasteiger partial charge in [0.15, 0.2) is 0 Å². The van der Waals surface area contributed by atoms with Crippen LogP contribution in [0.15, 0.2) is 69.9 Å². The molecule has 5 rings (SSSR count). The molecule has 0 saturated carbocycles. The Kier molecular flexibility index (Phi) is 3.98. The summed E-state index contributed by atoms with van der Waals surface area (Å²) < 4.78 is 0. The van der Waals surface area contributed by atoms with Gasteiger partial charge in [0, 0.05) is 22.3 Å². The van der Waals surface area contributed by atoms with Crippen LogP contribution in [0.1, 0.15) is 39.1 Å². The third-order valence-electron chi connectivity index (χ3n) is 5.65. The van der Waals surface area contributed by atoms with E-state index < -0.39 is 0 Å². The molecular weight excluding hydrogens is 515 g/mol. The van der Waals surface area contributed by atoms with Crippen molar-refractivity contribution in [3.8, 4) is 11.4 Å². The third kappa shape index (κ3) is 2.61. The molecule has 0 aromatic carbocycles. The van der Waals surface area contributed by atoms with Crippen LogP contribution in [0.5, 0.6) is 0 Å². The summed E-state index contributed by atoms with van der Waals surface area (Å²) >= 11 is 0. The van der Waals surface area contributed by atoms with Crippen molar-refractivity contribution in [1.82, 2.24) is 9.97 Å². The van der Waals surface area contributed by atoms with Gasteiger partial charge in [0.1, 0.15) is 0 Å². The minimum Gasteiger partial charge on any atom is -0.662 e. The van der Waals surface area contributed by atoms with Crippen LogP contribution in [0.25, 0.3) is 11.4 Å². The summed E-state index contributed by atoms with van der Waals surface area (Å²) in [6.07, 6.45) is 8.28. The van der Waals surface area contributed by atoms with Gasteiger partial charge in [-0.25, -0.2) is 0 Å². The summed E-state index contributed by atoms with van der Waals surface area (Å²) in [5, 5.41) is 0. The number of aliphatic imine (C=N–C) groups is 2. The molecular formula is C22H20N4Pt. The van der Waals surface area contributed by atoms with E-state index in [1.165, 1.54) is 0 Å². The SMILES string of the molecule is CC1(C)C2=N/C(=C3/C=CC(=N3)C(C)(C)c3ccc([n-]3)-c3ccc1[n-]3)C=C2.[Pt+2]. The molecule has 0 radical (unpaired) electrons. The Morgan fingerprint density at radius 3 is 1.44 bits per heavy atom. The van der Waals surface area contributed by atoms with E-state index in [1.807, 2.05) is 0 Å². The number of rotatable bonds is 0. The van der Waals surface area contributed by atoms with Gasteiger partial charge in [0.05, 0.1) is 11.4 Å². The topological polar surface area (TPSA) is 52.9 Å². The number of hydrogen-bond acceptors (Lipinski definition) is 2. The largest absolute Gasteiger partial charge is 2.00 e. The number of hydrogen-bond donors (Lipinski definition) is 0. The molecule has 2 aromatic heterocycles. The predicted octanol–water partition coefficient (Wildman–Crippen LogP) is 4.07. The first-order chi connectivity index (χ1) is 12.4. The van der Waals surface area contributed by atoms with Gasteiger partial charge in [-0.05, 0) is 24.3 Å². The van der Waals surface area contributed by atoms with E-state index in [0.717, 1.165) is 45.6 Å². The predicted molar refractivity (Wildman–Crippen MR) is 105 cm³/mol. The fourth-order valence-electron chi connectivity index (χ4n) is 3.67. The summed E-state index contributed by atoms with van der Waals surface area (Å²) in [4.78, 5) is 19.5. The monoisotopic (exact) mass is 535 g/mol. The Labute approximate surface area is 173 Å². The molecule has 27 heavy (non-hydrogen) atoms. The number of allylic oxidation sites excluding steroid dienone is 4. The molecule has 0 aliphatic carbocycles.